The summed E-state index contributed by atoms with van der Waals surface area (Å²) in [5.41, 5.74) is 1.55. The van der Waals surface area contributed by atoms with E-state index in [1.807, 2.05) is 0 Å². The number of hydrogen-bond acceptors (Lipinski definition) is 5. The summed E-state index contributed by atoms with van der Waals surface area (Å²) in [6.07, 6.45) is 1.40. The Morgan fingerprint density at radius 1 is 1.29 bits per heavy atom. The normalized spacial score (nSPS) is 11.2. The van der Waals surface area contributed by atoms with Gasteiger partial charge in [0.1, 0.15) is 5.75 Å². The minimum Gasteiger partial charge on any atom is -0.506 e. The van der Waals surface area contributed by atoms with Gasteiger partial charge in [-0.15, -0.1) is 0 Å². The van der Waals surface area contributed by atoms with Gasteiger partial charge in [0, 0.05) is 22.2 Å². The van der Waals surface area contributed by atoms with E-state index in [4.69, 9.17) is 28.3 Å². The highest BCUT2D eigenvalue weighted by atomic mass is 35.5. The third kappa shape index (κ3) is 2.84. The number of carbonyl (C=O) groups excluding carboxylic acids is 1. The summed E-state index contributed by atoms with van der Waals surface area (Å²) in [6.45, 7) is 2.04. The molecular formula is C16H13Cl2N3O3. The van der Waals surface area contributed by atoms with Crippen LogP contribution in [0, 0.1) is 6.92 Å². The molecule has 0 aliphatic rings. The summed E-state index contributed by atoms with van der Waals surface area (Å²) in [6, 6.07) is 4.37. The lowest BCUT2D eigenvalue weighted by atomic mass is 10.0. The average molecular weight is 366 g/mol. The maximum atomic E-state index is 12.7. The molecule has 2 N–H and O–H groups in total. The zero-order valence-electron chi connectivity index (χ0n) is 12.6. The molecule has 0 bridgehead atoms. The Kier molecular flexibility index (Phi) is 4.45. The molecular weight excluding hydrogens is 353 g/mol. The summed E-state index contributed by atoms with van der Waals surface area (Å²) >= 11 is 11.8. The number of ketones is 1. The smallest absolute Gasteiger partial charge is 0.198 e. The first kappa shape index (κ1) is 16.7. The number of hydrogen-bond donors (Lipinski definition) is 2. The van der Waals surface area contributed by atoms with Crippen LogP contribution in [0.4, 0.5) is 0 Å². The Hall–Kier alpha value is -2.15. The molecule has 2 heterocycles. The first-order valence-electron chi connectivity index (χ1n) is 7.09. The predicted octanol–water partition coefficient (Wildman–Crippen LogP) is 2.98. The van der Waals surface area contributed by atoms with Crippen LogP contribution in [0.5, 0.6) is 5.75 Å². The average Bonchev–Trinajstić information content (AvgIpc) is 2.86. The predicted molar refractivity (Wildman–Crippen MR) is 90.9 cm³/mol. The highest BCUT2D eigenvalue weighted by Gasteiger charge is 2.19. The Morgan fingerprint density at radius 3 is 2.75 bits per heavy atom. The number of carbonyl (C=O) groups is 1. The van der Waals surface area contributed by atoms with Crippen LogP contribution >= 0.6 is 23.2 Å². The van der Waals surface area contributed by atoms with Crippen molar-refractivity contribution in [1.29, 1.82) is 0 Å². The number of halogens is 2. The van der Waals surface area contributed by atoms with Crippen LogP contribution in [0.3, 0.4) is 0 Å². The molecule has 2 aromatic heterocycles. The Balaban J connectivity index is 2.10. The zero-order chi connectivity index (χ0) is 17.4. The third-order valence-electron chi connectivity index (χ3n) is 3.62. The van der Waals surface area contributed by atoms with Crippen LogP contribution in [-0.4, -0.2) is 37.4 Å². The number of pyridine rings is 1. The first-order chi connectivity index (χ1) is 11.4. The summed E-state index contributed by atoms with van der Waals surface area (Å²) in [5.74, 6) is -0.764. The van der Waals surface area contributed by atoms with Gasteiger partial charge in [-0.05, 0) is 25.1 Å². The van der Waals surface area contributed by atoms with Crippen molar-refractivity contribution in [3.05, 3.63) is 51.3 Å². The highest BCUT2D eigenvalue weighted by Crippen LogP contribution is 2.33. The molecule has 0 amide bonds. The number of aromatic nitrogens is 3. The van der Waals surface area contributed by atoms with E-state index in [-0.39, 0.29) is 33.5 Å². The second-order valence-electron chi connectivity index (χ2n) is 5.24. The van der Waals surface area contributed by atoms with Crippen LogP contribution in [0.1, 0.15) is 21.6 Å². The van der Waals surface area contributed by atoms with Crippen molar-refractivity contribution in [2.24, 2.45) is 0 Å². The number of phenolic OH excluding ortho intramolecular Hbond substituents is 1. The summed E-state index contributed by atoms with van der Waals surface area (Å²) < 4.78 is 1.58. The molecule has 0 radical (unpaired) electrons. The number of benzene rings is 1. The fourth-order valence-electron chi connectivity index (χ4n) is 2.48. The molecule has 0 saturated heterocycles. The second-order valence-corrected chi connectivity index (χ2v) is 6.08. The summed E-state index contributed by atoms with van der Waals surface area (Å²) in [4.78, 5) is 16.9. The molecule has 0 spiro atoms. The lowest BCUT2D eigenvalue weighted by Gasteiger charge is -2.07. The number of fused-ring (bicyclic) bond motifs is 1. The number of aliphatic hydroxyl groups is 1. The maximum absolute atomic E-state index is 12.7. The van der Waals surface area contributed by atoms with E-state index in [0.717, 1.165) is 0 Å². The van der Waals surface area contributed by atoms with E-state index < -0.39 is 5.78 Å². The molecule has 0 atom stereocenters. The molecule has 0 aliphatic carbocycles. The first-order valence-corrected chi connectivity index (χ1v) is 7.84. The standard InChI is InChI=1S/C16H13Cl2N3O3/c1-8-11-4-9(7-19-16(11)21(20-8)2-3-22)14(23)12-5-10(17)6-13(18)15(12)24/h4-7,22,24H,2-3H2,1H3. The highest BCUT2D eigenvalue weighted by molar-refractivity contribution is 6.36. The molecule has 0 aliphatic heterocycles. The SMILES string of the molecule is Cc1nn(CCO)c2ncc(C(=O)c3cc(Cl)cc(Cl)c3O)cc12. The van der Waals surface area contributed by atoms with Crippen molar-refractivity contribution in [2.45, 2.75) is 13.5 Å². The number of aliphatic hydroxyl groups excluding tert-OH is 1. The summed E-state index contributed by atoms with van der Waals surface area (Å²) in [7, 11) is 0. The fraction of sp³-hybridized carbons (Fsp3) is 0.188. The molecule has 3 rings (SSSR count). The topological polar surface area (TPSA) is 88.2 Å². The molecule has 0 fully saturated rings. The molecule has 3 aromatic rings. The molecule has 8 heteroatoms. The van der Waals surface area contributed by atoms with Gasteiger partial charge in [0.2, 0.25) is 0 Å². The van der Waals surface area contributed by atoms with Gasteiger partial charge in [-0.2, -0.15) is 5.10 Å². The van der Waals surface area contributed by atoms with Gasteiger partial charge >= 0.3 is 0 Å². The van der Waals surface area contributed by atoms with E-state index in [0.29, 0.717) is 23.3 Å². The molecule has 24 heavy (non-hydrogen) atoms. The minimum atomic E-state index is -0.444. The van der Waals surface area contributed by atoms with Crippen LogP contribution in [0.25, 0.3) is 11.0 Å². The third-order valence-corrected chi connectivity index (χ3v) is 4.12. The number of aryl methyl sites for hydroxylation is 1. The van der Waals surface area contributed by atoms with Crippen molar-refractivity contribution >= 4 is 40.0 Å². The van der Waals surface area contributed by atoms with E-state index in [1.165, 1.54) is 18.3 Å². The van der Waals surface area contributed by atoms with Gasteiger partial charge in [-0.3, -0.25) is 4.79 Å². The minimum absolute atomic E-state index is 0.00633. The van der Waals surface area contributed by atoms with Gasteiger partial charge in [0.25, 0.3) is 0 Å². The van der Waals surface area contributed by atoms with Crippen LogP contribution in [-0.2, 0) is 6.54 Å². The second kappa shape index (κ2) is 6.39. The Morgan fingerprint density at radius 2 is 2.04 bits per heavy atom. The van der Waals surface area contributed by atoms with E-state index in [9.17, 15) is 9.90 Å². The Bertz CT molecular complexity index is 953. The van der Waals surface area contributed by atoms with E-state index in [2.05, 4.69) is 10.1 Å². The molecule has 0 unspecified atom stereocenters. The van der Waals surface area contributed by atoms with Crippen molar-refractivity contribution < 1.29 is 15.0 Å². The number of aromatic hydroxyl groups is 1. The van der Waals surface area contributed by atoms with Crippen molar-refractivity contribution in [1.82, 2.24) is 14.8 Å². The monoisotopic (exact) mass is 365 g/mol. The zero-order valence-corrected chi connectivity index (χ0v) is 14.1. The number of phenols is 1. The van der Waals surface area contributed by atoms with Crippen LogP contribution in [0.15, 0.2) is 24.4 Å². The number of rotatable bonds is 4. The van der Waals surface area contributed by atoms with E-state index >= 15 is 0 Å². The van der Waals surface area contributed by atoms with E-state index in [1.54, 1.807) is 17.7 Å². The Labute approximate surface area is 147 Å². The molecule has 0 saturated carbocycles. The van der Waals surface area contributed by atoms with Gasteiger partial charge in [0.05, 0.1) is 29.4 Å². The lowest BCUT2D eigenvalue weighted by molar-refractivity contribution is 0.103. The van der Waals surface area contributed by atoms with Gasteiger partial charge in [-0.25, -0.2) is 9.67 Å². The van der Waals surface area contributed by atoms with Crippen molar-refractivity contribution in [3.63, 3.8) is 0 Å². The van der Waals surface area contributed by atoms with Gasteiger partial charge in [0.15, 0.2) is 11.4 Å². The molecule has 124 valence electrons. The summed E-state index contributed by atoms with van der Waals surface area (Å²) in [5, 5.41) is 24.3. The maximum Gasteiger partial charge on any atom is 0.198 e. The van der Waals surface area contributed by atoms with Crippen LogP contribution in [0.2, 0.25) is 10.0 Å². The fourth-order valence-corrected chi connectivity index (χ4v) is 2.97. The quantitative estimate of drug-likeness (QED) is 0.693. The van der Waals surface area contributed by atoms with Gasteiger partial charge < -0.3 is 10.2 Å². The van der Waals surface area contributed by atoms with Crippen molar-refractivity contribution in [3.8, 4) is 5.75 Å². The molecule has 1 aromatic carbocycles. The molecule has 6 nitrogen and oxygen atoms in total. The number of nitrogens with zero attached hydrogens (tertiary/aromatic N) is 3. The van der Waals surface area contributed by atoms with Crippen LogP contribution < -0.4 is 0 Å². The van der Waals surface area contributed by atoms with Crippen molar-refractivity contribution in [2.75, 3.05) is 6.61 Å². The lowest BCUT2D eigenvalue weighted by Crippen LogP contribution is -2.06. The van der Waals surface area contributed by atoms with Gasteiger partial charge in [-0.1, -0.05) is 23.2 Å². The largest absolute Gasteiger partial charge is 0.506 e.